The molecule has 0 saturated carbocycles. The van der Waals surface area contributed by atoms with Crippen molar-refractivity contribution in [2.45, 2.75) is 17.1 Å². The number of amides is 2. The minimum Gasteiger partial charge on any atom is -0.495 e. The van der Waals surface area contributed by atoms with Crippen molar-refractivity contribution in [3.63, 3.8) is 0 Å². The third-order valence-corrected chi connectivity index (χ3v) is 5.90. The van der Waals surface area contributed by atoms with Gasteiger partial charge in [-0.2, -0.15) is 0 Å². The standard InChI is InChI=1S/C23H21ClN2O3S/c1-15(30-21-10-6-3-7-18(21)24)22(27)25-17-13-11-16(12-14-17)23(28)26-19-8-4-5-9-20(19)29-2/h3-15H,1-2H3,(H,25,27)(H,26,28). The van der Waals surface area contributed by atoms with E-state index in [0.29, 0.717) is 27.7 Å². The predicted octanol–water partition coefficient (Wildman–Crippen LogP) is 5.72. The smallest absolute Gasteiger partial charge is 0.255 e. The molecular formula is C23H21ClN2O3S. The third kappa shape index (κ3) is 5.55. The number of ether oxygens (including phenoxy) is 1. The molecule has 0 bridgehead atoms. The van der Waals surface area contributed by atoms with Crippen molar-refractivity contribution in [1.82, 2.24) is 0 Å². The van der Waals surface area contributed by atoms with Gasteiger partial charge in [0.1, 0.15) is 5.75 Å². The molecule has 0 heterocycles. The molecule has 0 saturated heterocycles. The number of carbonyl (C=O) groups excluding carboxylic acids is 2. The summed E-state index contributed by atoms with van der Waals surface area (Å²) in [5.74, 6) is 0.172. The minimum atomic E-state index is -0.335. The van der Waals surface area contributed by atoms with Gasteiger partial charge in [-0.25, -0.2) is 0 Å². The highest BCUT2D eigenvalue weighted by Gasteiger charge is 2.16. The first-order valence-electron chi connectivity index (χ1n) is 9.24. The molecule has 30 heavy (non-hydrogen) atoms. The largest absolute Gasteiger partial charge is 0.495 e. The zero-order valence-corrected chi connectivity index (χ0v) is 18.1. The van der Waals surface area contributed by atoms with Crippen molar-refractivity contribution in [3.8, 4) is 5.75 Å². The van der Waals surface area contributed by atoms with E-state index in [1.54, 1.807) is 49.6 Å². The fourth-order valence-corrected chi connectivity index (χ4v) is 3.83. The summed E-state index contributed by atoms with van der Waals surface area (Å²) in [6.45, 7) is 1.82. The lowest BCUT2D eigenvalue weighted by Crippen LogP contribution is -2.22. The monoisotopic (exact) mass is 440 g/mol. The number of benzene rings is 3. The van der Waals surface area contributed by atoms with Crippen LogP contribution in [0, 0.1) is 0 Å². The van der Waals surface area contributed by atoms with Crippen LogP contribution in [0.3, 0.4) is 0 Å². The Balaban J connectivity index is 1.60. The van der Waals surface area contributed by atoms with Crippen molar-refractivity contribution in [2.24, 2.45) is 0 Å². The van der Waals surface area contributed by atoms with Crippen LogP contribution in [0.25, 0.3) is 0 Å². The molecule has 3 aromatic rings. The molecule has 154 valence electrons. The number of methoxy groups -OCH3 is 1. The van der Waals surface area contributed by atoms with Crippen LogP contribution in [-0.2, 0) is 4.79 Å². The molecule has 0 aliphatic carbocycles. The van der Waals surface area contributed by atoms with Gasteiger partial charge in [-0.1, -0.05) is 35.9 Å². The van der Waals surface area contributed by atoms with Crippen LogP contribution in [0.15, 0.2) is 77.7 Å². The zero-order valence-electron chi connectivity index (χ0n) is 16.5. The van der Waals surface area contributed by atoms with E-state index in [1.165, 1.54) is 11.8 Å². The SMILES string of the molecule is COc1ccccc1NC(=O)c1ccc(NC(=O)C(C)Sc2ccccc2Cl)cc1. The van der Waals surface area contributed by atoms with Gasteiger partial charge in [-0.3, -0.25) is 9.59 Å². The highest BCUT2D eigenvalue weighted by Crippen LogP contribution is 2.30. The van der Waals surface area contributed by atoms with Crippen LogP contribution in [0.2, 0.25) is 5.02 Å². The topological polar surface area (TPSA) is 67.4 Å². The van der Waals surface area contributed by atoms with E-state index < -0.39 is 0 Å². The maximum Gasteiger partial charge on any atom is 0.255 e. The molecule has 3 aromatic carbocycles. The molecule has 0 fully saturated rings. The molecule has 7 heteroatoms. The molecule has 1 unspecified atom stereocenters. The van der Waals surface area contributed by atoms with Gasteiger partial charge in [0.05, 0.1) is 23.1 Å². The van der Waals surface area contributed by atoms with Crippen LogP contribution in [0.5, 0.6) is 5.75 Å². The van der Waals surface area contributed by atoms with E-state index >= 15 is 0 Å². The van der Waals surface area contributed by atoms with Gasteiger partial charge >= 0.3 is 0 Å². The Morgan fingerprint density at radius 1 is 0.933 bits per heavy atom. The Hall–Kier alpha value is -2.96. The first kappa shape index (κ1) is 21.7. The van der Waals surface area contributed by atoms with Gasteiger partial charge in [-0.15, -0.1) is 11.8 Å². The molecule has 1 atom stereocenters. The number of anilines is 2. The lowest BCUT2D eigenvalue weighted by molar-refractivity contribution is -0.115. The van der Waals surface area contributed by atoms with Gasteiger partial charge in [0.2, 0.25) is 5.91 Å². The lowest BCUT2D eigenvalue weighted by Gasteiger charge is -2.13. The Labute approximate surface area is 184 Å². The quantitative estimate of drug-likeness (QED) is 0.461. The number of para-hydroxylation sites is 2. The normalized spacial score (nSPS) is 11.4. The minimum absolute atomic E-state index is 0.147. The number of nitrogens with one attached hydrogen (secondary N) is 2. The molecule has 0 aliphatic heterocycles. The van der Waals surface area contributed by atoms with E-state index in [2.05, 4.69) is 10.6 Å². The molecular weight excluding hydrogens is 420 g/mol. The van der Waals surface area contributed by atoms with E-state index in [0.717, 1.165) is 4.90 Å². The van der Waals surface area contributed by atoms with Crippen molar-refractivity contribution in [1.29, 1.82) is 0 Å². The Kier molecular flexibility index (Phi) is 7.38. The summed E-state index contributed by atoms with van der Waals surface area (Å²) in [6, 6.07) is 21.3. The van der Waals surface area contributed by atoms with Gasteiger partial charge in [-0.05, 0) is 55.5 Å². The van der Waals surface area contributed by atoms with Crippen molar-refractivity contribution in [2.75, 3.05) is 17.7 Å². The first-order chi connectivity index (χ1) is 14.5. The molecule has 3 rings (SSSR count). The first-order valence-corrected chi connectivity index (χ1v) is 10.5. The summed E-state index contributed by atoms with van der Waals surface area (Å²) in [5, 5.41) is 5.97. The lowest BCUT2D eigenvalue weighted by atomic mass is 10.2. The fourth-order valence-electron chi connectivity index (χ4n) is 2.68. The molecule has 0 spiro atoms. The maximum absolute atomic E-state index is 12.5. The van der Waals surface area contributed by atoms with E-state index in [4.69, 9.17) is 16.3 Å². The van der Waals surface area contributed by atoms with Crippen LogP contribution in [-0.4, -0.2) is 24.2 Å². The zero-order chi connectivity index (χ0) is 21.5. The molecule has 2 amide bonds. The number of rotatable bonds is 7. The van der Waals surface area contributed by atoms with Crippen LogP contribution >= 0.6 is 23.4 Å². The molecule has 2 N–H and O–H groups in total. The number of hydrogen-bond acceptors (Lipinski definition) is 4. The second-order valence-corrected chi connectivity index (χ2v) is 8.20. The second kappa shape index (κ2) is 10.2. The Bertz CT molecular complexity index is 1040. The summed E-state index contributed by atoms with van der Waals surface area (Å²) in [6.07, 6.45) is 0. The number of thioether (sulfide) groups is 1. The van der Waals surface area contributed by atoms with E-state index in [9.17, 15) is 9.59 Å². The third-order valence-electron chi connectivity index (χ3n) is 4.28. The van der Waals surface area contributed by atoms with Crippen molar-refractivity contribution < 1.29 is 14.3 Å². The maximum atomic E-state index is 12.5. The highest BCUT2D eigenvalue weighted by molar-refractivity contribution is 8.00. The number of carbonyl (C=O) groups is 2. The average Bonchev–Trinajstić information content (AvgIpc) is 2.76. The van der Waals surface area contributed by atoms with Gasteiger partial charge < -0.3 is 15.4 Å². The van der Waals surface area contributed by atoms with E-state index in [1.807, 2.05) is 37.3 Å². The molecule has 0 aliphatic rings. The van der Waals surface area contributed by atoms with Gasteiger partial charge in [0, 0.05) is 16.1 Å². The highest BCUT2D eigenvalue weighted by atomic mass is 35.5. The summed E-state index contributed by atoms with van der Waals surface area (Å²) in [7, 11) is 1.55. The number of hydrogen-bond donors (Lipinski definition) is 2. The average molecular weight is 441 g/mol. The van der Waals surface area contributed by atoms with Crippen LogP contribution < -0.4 is 15.4 Å². The van der Waals surface area contributed by atoms with Crippen LogP contribution in [0.1, 0.15) is 17.3 Å². The summed E-state index contributed by atoms with van der Waals surface area (Å²) < 4.78 is 5.24. The van der Waals surface area contributed by atoms with Crippen LogP contribution in [0.4, 0.5) is 11.4 Å². The number of halogens is 1. The summed E-state index contributed by atoms with van der Waals surface area (Å²) >= 11 is 7.55. The Morgan fingerprint density at radius 2 is 1.60 bits per heavy atom. The molecule has 5 nitrogen and oxygen atoms in total. The van der Waals surface area contributed by atoms with E-state index in [-0.39, 0.29) is 17.1 Å². The summed E-state index contributed by atoms with van der Waals surface area (Å²) in [4.78, 5) is 25.8. The van der Waals surface area contributed by atoms with Gasteiger partial charge in [0.25, 0.3) is 5.91 Å². The Morgan fingerprint density at radius 3 is 2.30 bits per heavy atom. The predicted molar refractivity (Wildman–Crippen MR) is 123 cm³/mol. The van der Waals surface area contributed by atoms with Gasteiger partial charge in [0.15, 0.2) is 0 Å². The van der Waals surface area contributed by atoms with Crippen molar-refractivity contribution >= 4 is 46.6 Å². The second-order valence-electron chi connectivity index (χ2n) is 6.41. The molecule has 0 radical (unpaired) electrons. The molecule has 0 aromatic heterocycles. The fraction of sp³-hybridized carbons (Fsp3) is 0.130. The summed E-state index contributed by atoms with van der Waals surface area (Å²) in [5.41, 5.74) is 1.67. The van der Waals surface area contributed by atoms with Crippen molar-refractivity contribution in [3.05, 3.63) is 83.4 Å².